The Hall–Kier alpha value is -4.30. The van der Waals surface area contributed by atoms with Crippen molar-refractivity contribution in [3.63, 3.8) is 0 Å². The van der Waals surface area contributed by atoms with Crippen molar-refractivity contribution in [3.8, 4) is 6.07 Å². The summed E-state index contributed by atoms with van der Waals surface area (Å²) in [5, 5.41) is 10.5. The first-order valence-corrected chi connectivity index (χ1v) is 11.8. The van der Waals surface area contributed by atoms with Crippen LogP contribution in [-0.4, -0.2) is 12.5 Å². The number of furan rings is 1. The molecule has 0 spiro atoms. The SMILES string of the molecule is CCc1ccc(/C=C(\C#N)c2ccc(N(CC(C)C)c3oc4ccccc4c3C(N)=O)cc2)cc1. The molecule has 176 valence electrons. The van der Waals surface area contributed by atoms with Gasteiger partial charge < -0.3 is 15.1 Å². The minimum Gasteiger partial charge on any atom is -0.439 e. The van der Waals surface area contributed by atoms with Gasteiger partial charge in [-0.25, -0.2) is 0 Å². The lowest BCUT2D eigenvalue weighted by Gasteiger charge is -2.25. The Kier molecular flexibility index (Phi) is 7.03. The van der Waals surface area contributed by atoms with Gasteiger partial charge in [-0.1, -0.05) is 75.4 Å². The van der Waals surface area contributed by atoms with Crippen LogP contribution < -0.4 is 10.6 Å². The molecular weight excluding hydrogens is 434 g/mol. The molecule has 0 bridgehead atoms. The minimum absolute atomic E-state index is 0.296. The molecule has 0 aliphatic heterocycles. The maximum atomic E-state index is 12.4. The molecule has 0 saturated carbocycles. The van der Waals surface area contributed by atoms with E-state index < -0.39 is 5.91 Å². The van der Waals surface area contributed by atoms with Crippen molar-refractivity contribution in [2.75, 3.05) is 11.4 Å². The van der Waals surface area contributed by atoms with Gasteiger partial charge >= 0.3 is 0 Å². The average Bonchev–Trinajstić information content (AvgIpc) is 3.26. The number of hydrogen-bond donors (Lipinski definition) is 1. The second-order valence-corrected chi connectivity index (χ2v) is 8.96. The number of fused-ring (bicyclic) bond motifs is 1. The topological polar surface area (TPSA) is 83.3 Å². The van der Waals surface area contributed by atoms with Crippen LogP contribution in [0.3, 0.4) is 0 Å². The lowest BCUT2D eigenvalue weighted by Crippen LogP contribution is -2.25. The number of nitrogens with zero attached hydrogens (tertiary/aromatic N) is 2. The van der Waals surface area contributed by atoms with Crippen LogP contribution in [0.4, 0.5) is 11.6 Å². The molecule has 4 rings (SSSR count). The quantitative estimate of drug-likeness (QED) is 0.226. The Bertz CT molecular complexity index is 1410. The first-order valence-electron chi connectivity index (χ1n) is 11.8. The largest absolute Gasteiger partial charge is 0.439 e. The smallest absolute Gasteiger partial charge is 0.254 e. The zero-order chi connectivity index (χ0) is 24.9. The standard InChI is InChI=1S/C30H29N3O2/c1-4-21-9-11-22(12-10-21)17-24(18-31)23-13-15-25(16-14-23)33(19-20(2)3)30-28(29(32)34)26-7-5-6-8-27(26)35-30/h5-17,20H,4,19H2,1-3H3,(H2,32,34)/b24-17+. The van der Waals surface area contributed by atoms with Crippen molar-refractivity contribution in [3.05, 3.63) is 95.1 Å². The molecule has 0 atom stereocenters. The van der Waals surface area contributed by atoms with Crippen molar-refractivity contribution in [2.45, 2.75) is 27.2 Å². The molecule has 0 aliphatic rings. The third kappa shape index (κ3) is 5.12. The summed E-state index contributed by atoms with van der Waals surface area (Å²) in [6.45, 7) is 6.96. The Labute approximate surface area is 206 Å². The molecule has 1 aromatic heterocycles. The lowest BCUT2D eigenvalue weighted by molar-refractivity contribution is 0.100. The highest BCUT2D eigenvalue weighted by Gasteiger charge is 2.25. The van der Waals surface area contributed by atoms with Gasteiger partial charge in [-0.05, 0) is 53.3 Å². The number of aryl methyl sites for hydroxylation is 1. The Morgan fingerprint density at radius 2 is 1.74 bits per heavy atom. The summed E-state index contributed by atoms with van der Waals surface area (Å²) in [5.41, 5.74) is 11.3. The molecule has 35 heavy (non-hydrogen) atoms. The highest BCUT2D eigenvalue weighted by molar-refractivity contribution is 6.10. The van der Waals surface area contributed by atoms with Crippen molar-refractivity contribution in [1.29, 1.82) is 5.26 Å². The molecule has 2 N–H and O–H groups in total. The van der Waals surface area contributed by atoms with Crippen LogP contribution in [0.2, 0.25) is 0 Å². The van der Waals surface area contributed by atoms with E-state index >= 15 is 0 Å². The number of rotatable bonds is 8. The number of anilines is 2. The lowest BCUT2D eigenvalue weighted by atomic mass is 10.0. The van der Waals surface area contributed by atoms with Gasteiger partial charge in [0, 0.05) is 17.6 Å². The summed E-state index contributed by atoms with van der Waals surface area (Å²) in [5.74, 6) is 0.204. The highest BCUT2D eigenvalue weighted by Crippen LogP contribution is 2.37. The first kappa shape index (κ1) is 23.8. The van der Waals surface area contributed by atoms with E-state index in [1.165, 1.54) is 5.56 Å². The zero-order valence-electron chi connectivity index (χ0n) is 20.3. The van der Waals surface area contributed by atoms with E-state index in [1.54, 1.807) is 0 Å². The van der Waals surface area contributed by atoms with Gasteiger partial charge in [0.15, 0.2) is 0 Å². The van der Waals surface area contributed by atoms with Gasteiger partial charge in [-0.15, -0.1) is 0 Å². The predicted molar refractivity (Wildman–Crippen MR) is 142 cm³/mol. The van der Waals surface area contributed by atoms with Crippen LogP contribution in [0, 0.1) is 17.2 Å². The fourth-order valence-corrected chi connectivity index (χ4v) is 4.15. The van der Waals surface area contributed by atoms with Crippen molar-refractivity contribution in [2.24, 2.45) is 11.7 Å². The van der Waals surface area contributed by atoms with Gasteiger partial charge in [-0.3, -0.25) is 4.79 Å². The number of hydrogen-bond acceptors (Lipinski definition) is 4. The maximum absolute atomic E-state index is 12.4. The van der Waals surface area contributed by atoms with Crippen LogP contribution in [-0.2, 0) is 6.42 Å². The maximum Gasteiger partial charge on any atom is 0.254 e. The van der Waals surface area contributed by atoms with E-state index in [1.807, 2.05) is 71.6 Å². The van der Waals surface area contributed by atoms with Gasteiger partial charge in [0.05, 0.1) is 11.6 Å². The van der Waals surface area contributed by atoms with Crippen LogP contribution in [0.15, 0.2) is 77.2 Å². The molecule has 4 aromatic rings. The number of nitriles is 1. The summed E-state index contributed by atoms with van der Waals surface area (Å²) >= 11 is 0. The number of amides is 1. The van der Waals surface area contributed by atoms with Crippen LogP contribution in [0.1, 0.15) is 47.8 Å². The third-order valence-corrected chi connectivity index (χ3v) is 5.93. The minimum atomic E-state index is -0.529. The number of primary amides is 1. The number of nitrogens with two attached hydrogens (primary N) is 1. The third-order valence-electron chi connectivity index (χ3n) is 5.93. The molecule has 0 fully saturated rings. The fourth-order valence-electron chi connectivity index (χ4n) is 4.15. The zero-order valence-corrected chi connectivity index (χ0v) is 20.3. The molecule has 5 heteroatoms. The molecule has 0 aliphatic carbocycles. The van der Waals surface area contributed by atoms with Gasteiger partial charge in [-0.2, -0.15) is 5.26 Å². The number of carbonyl (C=O) groups excluding carboxylic acids is 1. The molecule has 3 aromatic carbocycles. The number of carbonyl (C=O) groups is 1. The molecule has 5 nitrogen and oxygen atoms in total. The molecule has 1 amide bonds. The normalized spacial score (nSPS) is 11.6. The summed E-state index contributed by atoms with van der Waals surface area (Å²) in [6, 6.07) is 25.7. The van der Waals surface area contributed by atoms with E-state index in [-0.39, 0.29) is 0 Å². The van der Waals surface area contributed by atoms with Crippen LogP contribution in [0.25, 0.3) is 22.6 Å². The molecule has 0 saturated heterocycles. The van der Waals surface area contributed by atoms with E-state index in [2.05, 4.69) is 39.0 Å². The first-order chi connectivity index (χ1) is 16.9. The molecule has 0 unspecified atom stereocenters. The van der Waals surface area contributed by atoms with E-state index in [0.29, 0.717) is 40.5 Å². The Morgan fingerprint density at radius 3 is 2.34 bits per heavy atom. The van der Waals surface area contributed by atoms with Crippen LogP contribution >= 0.6 is 0 Å². The second kappa shape index (κ2) is 10.3. The second-order valence-electron chi connectivity index (χ2n) is 8.96. The Morgan fingerprint density at radius 1 is 1.06 bits per heavy atom. The Balaban J connectivity index is 1.73. The van der Waals surface area contributed by atoms with Gasteiger partial charge in [0.1, 0.15) is 11.1 Å². The monoisotopic (exact) mass is 463 g/mol. The van der Waals surface area contributed by atoms with Gasteiger partial charge in [0.25, 0.3) is 5.91 Å². The number of allylic oxidation sites excluding steroid dienone is 1. The summed E-state index contributed by atoms with van der Waals surface area (Å²) in [7, 11) is 0. The highest BCUT2D eigenvalue weighted by atomic mass is 16.4. The van der Waals surface area contributed by atoms with E-state index in [4.69, 9.17) is 10.2 Å². The summed E-state index contributed by atoms with van der Waals surface area (Å²) in [4.78, 5) is 14.4. The summed E-state index contributed by atoms with van der Waals surface area (Å²) < 4.78 is 6.14. The molecule has 1 heterocycles. The summed E-state index contributed by atoms with van der Waals surface area (Å²) in [6.07, 6.45) is 2.87. The number of benzene rings is 3. The van der Waals surface area contributed by atoms with Crippen LogP contribution in [0.5, 0.6) is 0 Å². The predicted octanol–water partition coefficient (Wildman–Crippen LogP) is 6.95. The number of para-hydroxylation sites is 1. The molecular formula is C30H29N3O2. The van der Waals surface area contributed by atoms with E-state index in [9.17, 15) is 10.1 Å². The van der Waals surface area contributed by atoms with Crippen molar-refractivity contribution in [1.82, 2.24) is 0 Å². The molecule has 0 radical (unpaired) electrons. The fraction of sp³-hybridized carbons (Fsp3) is 0.200. The van der Waals surface area contributed by atoms with Crippen molar-refractivity contribution >= 4 is 40.1 Å². The average molecular weight is 464 g/mol. The van der Waals surface area contributed by atoms with Crippen molar-refractivity contribution < 1.29 is 9.21 Å². The van der Waals surface area contributed by atoms with Gasteiger partial charge in [0.2, 0.25) is 5.88 Å². The van der Waals surface area contributed by atoms with E-state index in [0.717, 1.165) is 23.2 Å².